The van der Waals surface area contributed by atoms with Gasteiger partial charge in [-0.05, 0) is 49.4 Å². The summed E-state index contributed by atoms with van der Waals surface area (Å²) in [7, 11) is 0. The van der Waals surface area contributed by atoms with Crippen LogP contribution >= 0.6 is 0 Å². The molecule has 2 rings (SSSR count). The van der Waals surface area contributed by atoms with Gasteiger partial charge in [0.1, 0.15) is 0 Å². The van der Waals surface area contributed by atoms with Crippen molar-refractivity contribution in [3.8, 4) is 0 Å². The van der Waals surface area contributed by atoms with E-state index in [1.54, 1.807) is 0 Å². The first-order chi connectivity index (χ1) is 4.79. The fourth-order valence-corrected chi connectivity index (χ4v) is 3.35. The Kier molecular flexibility index (Phi) is 1.33. The first-order valence-corrected chi connectivity index (χ1v) is 4.79. The van der Waals surface area contributed by atoms with Gasteiger partial charge in [0, 0.05) is 0 Å². The summed E-state index contributed by atoms with van der Waals surface area (Å²) in [6.45, 7) is 4.84. The SMILES string of the molecule is CCC12CC[C@@H]1CC[C@H]2C. The van der Waals surface area contributed by atoms with Gasteiger partial charge < -0.3 is 0 Å². The summed E-state index contributed by atoms with van der Waals surface area (Å²) < 4.78 is 0. The van der Waals surface area contributed by atoms with Crippen LogP contribution in [-0.2, 0) is 0 Å². The van der Waals surface area contributed by atoms with Gasteiger partial charge in [-0.25, -0.2) is 0 Å². The molecule has 0 aromatic carbocycles. The highest BCUT2D eigenvalue weighted by Gasteiger charge is 2.52. The van der Waals surface area contributed by atoms with E-state index in [4.69, 9.17) is 0 Å². The molecule has 0 N–H and O–H groups in total. The zero-order valence-corrected chi connectivity index (χ0v) is 7.19. The van der Waals surface area contributed by atoms with Crippen LogP contribution < -0.4 is 0 Å². The van der Waals surface area contributed by atoms with Crippen LogP contribution in [0, 0.1) is 17.3 Å². The first kappa shape index (κ1) is 6.69. The van der Waals surface area contributed by atoms with Gasteiger partial charge in [0.05, 0.1) is 0 Å². The smallest absolute Gasteiger partial charge is 0.0246 e. The maximum Gasteiger partial charge on any atom is -0.0246 e. The van der Waals surface area contributed by atoms with Gasteiger partial charge in [-0.1, -0.05) is 13.8 Å². The Bertz CT molecular complexity index is 127. The molecule has 0 bridgehead atoms. The topological polar surface area (TPSA) is 0 Å². The van der Waals surface area contributed by atoms with Crippen LogP contribution in [0.2, 0.25) is 0 Å². The molecule has 0 saturated heterocycles. The fraction of sp³-hybridized carbons (Fsp3) is 1.00. The summed E-state index contributed by atoms with van der Waals surface area (Å²) in [6, 6.07) is 0. The van der Waals surface area contributed by atoms with Crippen LogP contribution in [0.5, 0.6) is 0 Å². The molecule has 3 atom stereocenters. The van der Waals surface area contributed by atoms with Gasteiger partial charge in [-0.2, -0.15) is 0 Å². The Morgan fingerprint density at radius 3 is 2.40 bits per heavy atom. The van der Waals surface area contributed by atoms with Crippen molar-refractivity contribution in [1.82, 2.24) is 0 Å². The maximum absolute atomic E-state index is 2.46. The monoisotopic (exact) mass is 138 g/mol. The summed E-state index contributed by atoms with van der Waals surface area (Å²) in [5.74, 6) is 2.17. The van der Waals surface area contributed by atoms with E-state index >= 15 is 0 Å². The molecular formula is C10H18. The van der Waals surface area contributed by atoms with E-state index in [2.05, 4.69) is 13.8 Å². The second-order valence-electron chi connectivity index (χ2n) is 4.30. The van der Waals surface area contributed by atoms with Gasteiger partial charge >= 0.3 is 0 Å². The Morgan fingerprint density at radius 1 is 1.30 bits per heavy atom. The van der Waals surface area contributed by atoms with Crippen molar-refractivity contribution >= 4 is 0 Å². The third-order valence-electron chi connectivity index (χ3n) is 4.36. The molecule has 0 amide bonds. The molecule has 2 fully saturated rings. The van der Waals surface area contributed by atoms with E-state index in [0.29, 0.717) is 0 Å². The lowest BCUT2D eigenvalue weighted by atomic mass is 9.57. The molecule has 0 aliphatic heterocycles. The number of fused-ring (bicyclic) bond motifs is 1. The number of rotatable bonds is 1. The molecule has 0 aromatic rings. The molecular weight excluding hydrogens is 120 g/mol. The average Bonchev–Trinajstić information content (AvgIpc) is 2.06. The van der Waals surface area contributed by atoms with Crippen LogP contribution in [0.4, 0.5) is 0 Å². The van der Waals surface area contributed by atoms with Crippen molar-refractivity contribution in [3.63, 3.8) is 0 Å². The minimum absolute atomic E-state index is 0.833. The van der Waals surface area contributed by atoms with Crippen molar-refractivity contribution in [2.75, 3.05) is 0 Å². The molecule has 1 unspecified atom stereocenters. The molecule has 2 saturated carbocycles. The van der Waals surface area contributed by atoms with Crippen molar-refractivity contribution in [3.05, 3.63) is 0 Å². The van der Waals surface area contributed by atoms with Gasteiger partial charge in [0.15, 0.2) is 0 Å². The number of hydrogen-bond acceptors (Lipinski definition) is 0. The minimum Gasteiger partial charge on any atom is -0.0648 e. The predicted molar refractivity (Wildman–Crippen MR) is 43.8 cm³/mol. The second kappa shape index (κ2) is 1.99. The van der Waals surface area contributed by atoms with E-state index in [9.17, 15) is 0 Å². The lowest BCUT2D eigenvalue weighted by molar-refractivity contribution is 0.0214. The molecule has 0 nitrogen and oxygen atoms in total. The molecule has 0 radical (unpaired) electrons. The van der Waals surface area contributed by atoms with Crippen molar-refractivity contribution in [1.29, 1.82) is 0 Å². The average molecular weight is 138 g/mol. The zero-order chi connectivity index (χ0) is 7.19. The maximum atomic E-state index is 2.46. The molecule has 2 aliphatic rings. The van der Waals surface area contributed by atoms with Crippen LogP contribution in [0.1, 0.15) is 46.0 Å². The van der Waals surface area contributed by atoms with Gasteiger partial charge in [0.25, 0.3) is 0 Å². The van der Waals surface area contributed by atoms with E-state index < -0.39 is 0 Å². The fourth-order valence-electron chi connectivity index (χ4n) is 3.35. The highest BCUT2D eigenvalue weighted by molar-refractivity contribution is 5.02. The van der Waals surface area contributed by atoms with Gasteiger partial charge in [0.2, 0.25) is 0 Å². The predicted octanol–water partition coefficient (Wildman–Crippen LogP) is 3.22. The number of hydrogen-bond donors (Lipinski definition) is 0. The van der Waals surface area contributed by atoms with E-state index in [-0.39, 0.29) is 0 Å². The Labute approximate surface area is 64.0 Å². The van der Waals surface area contributed by atoms with E-state index in [1.165, 1.54) is 32.1 Å². The summed E-state index contributed by atoms with van der Waals surface area (Å²) in [4.78, 5) is 0. The molecule has 58 valence electrons. The third kappa shape index (κ3) is 0.580. The van der Waals surface area contributed by atoms with E-state index in [1.807, 2.05) is 0 Å². The summed E-state index contributed by atoms with van der Waals surface area (Å²) in [5, 5.41) is 0. The molecule has 2 aliphatic carbocycles. The lowest BCUT2D eigenvalue weighted by Crippen LogP contribution is -2.38. The van der Waals surface area contributed by atoms with Gasteiger partial charge in [-0.3, -0.25) is 0 Å². The lowest BCUT2D eigenvalue weighted by Gasteiger charge is -2.48. The Hall–Kier alpha value is 0. The highest BCUT2D eigenvalue weighted by atomic mass is 14.6. The first-order valence-electron chi connectivity index (χ1n) is 4.79. The summed E-state index contributed by atoms with van der Waals surface area (Å²) >= 11 is 0. The highest BCUT2D eigenvalue weighted by Crippen LogP contribution is 2.62. The zero-order valence-electron chi connectivity index (χ0n) is 7.19. The summed E-state index contributed by atoms with van der Waals surface area (Å²) in [5.41, 5.74) is 0.833. The Balaban J connectivity index is 2.17. The third-order valence-corrected chi connectivity index (χ3v) is 4.36. The van der Waals surface area contributed by atoms with E-state index in [0.717, 1.165) is 17.3 Å². The Morgan fingerprint density at radius 2 is 2.10 bits per heavy atom. The molecule has 10 heavy (non-hydrogen) atoms. The minimum atomic E-state index is 0.833. The largest absolute Gasteiger partial charge is 0.0648 e. The molecule has 0 spiro atoms. The standard InChI is InChI=1S/C10H18/c1-3-10-7-6-9(10)5-4-8(10)2/h8-9H,3-7H2,1-2H3/t8-,9+,10?/m1/s1. The second-order valence-corrected chi connectivity index (χ2v) is 4.30. The van der Waals surface area contributed by atoms with Crippen molar-refractivity contribution < 1.29 is 0 Å². The van der Waals surface area contributed by atoms with Crippen LogP contribution in [0.3, 0.4) is 0 Å². The van der Waals surface area contributed by atoms with Gasteiger partial charge in [-0.15, -0.1) is 0 Å². The van der Waals surface area contributed by atoms with Crippen LogP contribution in [0.15, 0.2) is 0 Å². The molecule has 0 heteroatoms. The van der Waals surface area contributed by atoms with Crippen LogP contribution in [0.25, 0.3) is 0 Å². The van der Waals surface area contributed by atoms with Crippen LogP contribution in [-0.4, -0.2) is 0 Å². The van der Waals surface area contributed by atoms with Crippen molar-refractivity contribution in [2.45, 2.75) is 46.0 Å². The summed E-state index contributed by atoms with van der Waals surface area (Å²) in [6.07, 6.45) is 7.57. The molecule has 0 aromatic heterocycles. The molecule has 0 heterocycles. The normalized spacial score (nSPS) is 52.2. The quantitative estimate of drug-likeness (QED) is 0.522. The van der Waals surface area contributed by atoms with Crippen molar-refractivity contribution in [2.24, 2.45) is 17.3 Å².